The SMILES string of the molecule is OCCOc1ccc(N(c2ccc(OCCO)cc2)c2ccc(Oc3ccccc3)cc2)cc1. The summed E-state index contributed by atoms with van der Waals surface area (Å²) in [7, 11) is 0. The minimum absolute atomic E-state index is 0.0318. The number of ether oxygens (including phenoxy) is 3. The topological polar surface area (TPSA) is 71.4 Å². The predicted octanol–water partition coefficient (Wildman–Crippen LogP) is 5.69. The van der Waals surface area contributed by atoms with E-state index in [0.717, 1.165) is 28.6 Å². The molecule has 0 saturated carbocycles. The molecule has 0 amide bonds. The molecule has 0 aliphatic carbocycles. The number of aliphatic hydroxyl groups excluding tert-OH is 2. The fourth-order valence-electron chi connectivity index (χ4n) is 3.44. The molecular formula is C28H27NO5. The third-order valence-corrected chi connectivity index (χ3v) is 4.98. The highest BCUT2D eigenvalue weighted by Gasteiger charge is 2.13. The van der Waals surface area contributed by atoms with Gasteiger partial charge in [-0.3, -0.25) is 0 Å². The molecule has 4 aromatic rings. The van der Waals surface area contributed by atoms with Gasteiger partial charge in [0.05, 0.1) is 13.2 Å². The van der Waals surface area contributed by atoms with E-state index in [0.29, 0.717) is 11.5 Å². The quantitative estimate of drug-likeness (QED) is 0.301. The van der Waals surface area contributed by atoms with Gasteiger partial charge < -0.3 is 29.3 Å². The lowest BCUT2D eigenvalue weighted by Crippen LogP contribution is -2.10. The van der Waals surface area contributed by atoms with Crippen LogP contribution < -0.4 is 19.1 Å². The van der Waals surface area contributed by atoms with E-state index in [9.17, 15) is 0 Å². The molecule has 0 aliphatic rings. The van der Waals surface area contributed by atoms with Crippen molar-refractivity contribution in [1.29, 1.82) is 0 Å². The van der Waals surface area contributed by atoms with Crippen LogP contribution in [0.15, 0.2) is 103 Å². The Morgan fingerprint density at radius 3 is 1.26 bits per heavy atom. The van der Waals surface area contributed by atoms with Gasteiger partial charge in [0.2, 0.25) is 0 Å². The molecule has 34 heavy (non-hydrogen) atoms. The van der Waals surface area contributed by atoms with Crippen LogP contribution in [0.3, 0.4) is 0 Å². The van der Waals surface area contributed by atoms with E-state index >= 15 is 0 Å². The molecule has 0 spiro atoms. The number of hydrogen-bond acceptors (Lipinski definition) is 6. The minimum atomic E-state index is -0.0318. The van der Waals surface area contributed by atoms with Gasteiger partial charge in [-0.2, -0.15) is 0 Å². The molecule has 0 aliphatic heterocycles. The lowest BCUT2D eigenvalue weighted by atomic mass is 10.2. The highest BCUT2D eigenvalue weighted by Crippen LogP contribution is 2.37. The lowest BCUT2D eigenvalue weighted by Gasteiger charge is -2.26. The zero-order valence-corrected chi connectivity index (χ0v) is 18.7. The van der Waals surface area contributed by atoms with Crippen molar-refractivity contribution in [1.82, 2.24) is 0 Å². The first-order chi connectivity index (χ1) is 16.8. The molecule has 0 unspecified atom stereocenters. The first-order valence-electron chi connectivity index (χ1n) is 11.1. The van der Waals surface area contributed by atoms with Gasteiger partial charge >= 0.3 is 0 Å². The van der Waals surface area contributed by atoms with Crippen molar-refractivity contribution in [3.63, 3.8) is 0 Å². The molecule has 0 heterocycles. The molecule has 0 atom stereocenters. The van der Waals surface area contributed by atoms with E-state index in [4.69, 9.17) is 24.4 Å². The molecule has 0 bridgehead atoms. The van der Waals surface area contributed by atoms with Crippen LogP contribution in [0.25, 0.3) is 0 Å². The zero-order chi connectivity index (χ0) is 23.6. The largest absolute Gasteiger partial charge is 0.491 e. The van der Waals surface area contributed by atoms with Gasteiger partial charge in [0.15, 0.2) is 0 Å². The Bertz CT molecular complexity index is 1080. The molecule has 6 nitrogen and oxygen atoms in total. The molecule has 4 rings (SSSR count). The van der Waals surface area contributed by atoms with Gasteiger partial charge in [-0.05, 0) is 84.9 Å². The van der Waals surface area contributed by atoms with Gasteiger partial charge in [0, 0.05) is 17.1 Å². The van der Waals surface area contributed by atoms with Gasteiger partial charge in [0.25, 0.3) is 0 Å². The van der Waals surface area contributed by atoms with Crippen LogP contribution in [0.4, 0.5) is 17.1 Å². The maximum Gasteiger partial charge on any atom is 0.127 e. The summed E-state index contributed by atoms with van der Waals surface area (Å²) >= 11 is 0. The van der Waals surface area contributed by atoms with Crippen LogP contribution in [0, 0.1) is 0 Å². The van der Waals surface area contributed by atoms with Crippen LogP contribution in [-0.4, -0.2) is 36.6 Å². The smallest absolute Gasteiger partial charge is 0.127 e. The molecule has 4 aromatic carbocycles. The Balaban J connectivity index is 1.62. The minimum Gasteiger partial charge on any atom is -0.491 e. The summed E-state index contributed by atoms with van der Waals surface area (Å²) in [5.74, 6) is 2.91. The molecule has 0 saturated heterocycles. The highest BCUT2D eigenvalue weighted by atomic mass is 16.5. The van der Waals surface area contributed by atoms with Gasteiger partial charge in [0.1, 0.15) is 36.2 Å². The summed E-state index contributed by atoms with van der Waals surface area (Å²) in [4.78, 5) is 2.11. The highest BCUT2D eigenvalue weighted by molar-refractivity contribution is 5.77. The zero-order valence-electron chi connectivity index (χ0n) is 18.7. The van der Waals surface area contributed by atoms with Crippen molar-refractivity contribution < 1.29 is 24.4 Å². The van der Waals surface area contributed by atoms with Crippen molar-refractivity contribution in [2.75, 3.05) is 31.3 Å². The first kappa shape index (κ1) is 23.2. The number of aliphatic hydroxyl groups is 2. The second-order valence-electron chi connectivity index (χ2n) is 7.38. The normalized spacial score (nSPS) is 10.5. The molecule has 2 N–H and O–H groups in total. The summed E-state index contributed by atoms with van der Waals surface area (Å²) in [5.41, 5.74) is 2.84. The Labute approximate surface area is 199 Å². The standard InChI is InChI=1S/C28H27NO5/c30-18-20-32-25-12-6-22(7-13-25)29(23-8-14-26(15-9-23)33-21-19-31)24-10-16-28(17-11-24)34-27-4-2-1-3-5-27/h1-17,30-31H,18-21H2. The fourth-order valence-corrected chi connectivity index (χ4v) is 3.44. The molecular weight excluding hydrogens is 430 g/mol. The fraction of sp³-hybridized carbons (Fsp3) is 0.143. The van der Waals surface area contributed by atoms with E-state index in [1.54, 1.807) is 0 Å². The summed E-state index contributed by atoms with van der Waals surface area (Å²) in [6, 6.07) is 32.9. The number of benzene rings is 4. The monoisotopic (exact) mass is 457 g/mol. The van der Waals surface area contributed by atoms with E-state index in [1.807, 2.05) is 103 Å². The average Bonchev–Trinajstić information content (AvgIpc) is 2.89. The molecule has 0 radical (unpaired) electrons. The third-order valence-electron chi connectivity index (χ3n) is 4.98. The van der Waals surface area contributed by atoms with Crippen molar-refractivity contribution in [2.24, 2.45) is 0 Å². The molecule has 6 heteroatoms. The lowest BCUT2D eigenvalue weighted by molar-refractivity contribution is 0.201. The molecule has 174 valence electrons. The maximum absolute atomic E-state index is 8.99. The van der Waals surface area contributed by atoms with E-state index in [2.05, 4.69) is 4.90 Å². The van der Waals surface area contributed by atoms with Gasteiger partial charge in [-0.1, -0.05) is 18.2 Å². The number of para-hydroxylation sites is 1. The summed E-state index contributed by atoms with van der Waals surface area (Å²) in [5, 5.41) is 18.0. The van der Waals surface area contributed by atoms with Crippen molar-refractivity contribution >= 4 is 17.1 Å². The van der Waals surface area contributed by atoms with Crippen LogP contribution in [-0.2, 0) is 0 Å². The van der Waals surface area contributed by atoms with Gasteiger partial charge in [-0.15, -0.1) is 0 Å². The first-order valence-corrected chi connectivity index (χ1v) is 11.1. The van der Waals surface area contributed by atoms with E-state index in [-0.39, 0.29) is 26.4 Å². The van der Waals surface area contributed by atoms with Crippen molar-refractivity contribution in [3.8, 4) is 23.0 Å². The number of rotatable bonds is 11. The van der Waals surface area contributed by atoms with Crippen LogP contribution in [0.1, 0.15) is 0 Å². The third kappa shape index (κ3) is 6.07. The summed E-state index contributed by atoms with van der Waals surface area (Å²) in [6.45, 7) is 0.439. The summed E-state index contributed by atoms with van der Waals surface area (Å²) in [6.07, 6.45) is 0. The van der Waals surface area contributed by atoms with Crippen LogP contribution in [0.2, 0.25) is 0 Å². The van der Waals surface area contributed by atoms with Crippen molar-refractivity contribution in [3.05, 3.63) is 103 Å². The van der Waals surface area contributed by atoms with Gasteiger partial charge in [-0.25, -0.2) is 0 Å². The Kier molecular flexibility index (Phi) is 8.00. The van der Waals surface area contributed by atoms with E-state index in [1.165, 1.54) is 0 Å². The van der Waals surface area contributed by atoms with E-state index < -0.39 is 0 Å². The van der Waals surface area contributed by atoms with Crippen LogP contribution in [0.5, 0.6) is 23.0 Å². The molecule has 0 fully saturated rings. The number of hydrogen-bond donors (Lipinski definition) is 2. The maximum atomic E-state index is 8.99. The average molecular weight is 458 g/mol. The predicted molar refractivity (Wildman–Crippen MR) is 133 cm³/mol. The van der Waals surface area contributed by atoms with Crippen molar-refractivity contribution in [2.45, 2.75) is 0 Å². The number of anilines is 3. The Hall–Kier alpha value is -4.00. The summed E-state index contributed by atoms with van der Waals surface area (Å²) < 4.78 is 16.9. The second-order valence-corrected chi connectivity index (χ2v) is 7.38. The molecule has 0 aromatic heterocycles. The Morgan fingerprint density at radius 2 is 0.853 bits per heavy atom. The Morgan fingerprint density at radius 1 is 0.471 bits per heavy atom. The second kappa shape index (κ2) is 11.7. The number of nitrogens with zero attached hydrogens (tertiary/aromatic N) is 1. The van der Waals surface area contributed by atoms with Crippen LogP contribution >= 0.6 is 0 Å².